The summed E-state index contributed by atoms with van der Waals surface area (Å²) in [5.74, 6) is -0.102. The predicted octanol–water partition coefficient (Wildman–Crippen LogP) is 4.84. The molecule has 0 aliphatic rings. The van der Waals surface area contributed by atoms with Crippen LogP contribution in [0.2, 0.25) is 0 Å². The molecule has 0 bridgehead atoms. The van der Waals surface area contributed by atoms with Gasteiger partial charge in [-0.05, 0) is 25.5 Å². The van der Waals surface area contributed by atoms with Crippen LogP contribution in [0.4, 0.5) is 5.69 Å². The molecule has 0 saturated carbocycles. The fraction of sp³-hybridized carbons (Fsp3) is 0.136. The van der Waals surface area contributed by atoms with E-state index in [4.69, 9.17) is 0 Å². The van der Waals surface area contributed by atoms with E-state index in [1.54, 1.807) is 35.6 Å². The Hall–Kier alpha value is -3.25. The van der Waals surface area contributed by atoms with Crippen molar-refractivity contribution in [1.29, 1.82) is 0 Å². The molecule has 140 valence electrons. The number of carbonyl (C=O) groups is 2. The van der Waals surface area contributed by atoms with Gasteiger partial charge in [-0.1, -0.05) is 42.5 Å². The van der Waals surface area contributed by atoms with E-state index in [-0.39, 0.29) is 11.7 Å². The predicted molar refractivity (Wildman–Crippen MR) is 112 cm³/mol. The minimum Gasteiger partial charge on any atom is -0.326 e. The third-order valence-electron chi connectivity index (χ3n) is 4.51. The zero-order chi connectivity index (χ0) is 19.5. The number of aryl methyl sites for hydroxylation is 1. The van der Waals surface area contributed by atoms with Gasteiger partial charge in [0, 0.05) is 40.5 Å². The molecule has 1 N–H and O–H groups in total. The van der Waals surface area contributed by atoms with Crippen molar-refractivity contribution in [2.45, 2.75) is 19.8 Å². The zero-order valence-corrected chi connectivity index (χ0v) is 16.2. The first-order valence-electron chi connectivity index (χ1n) is 9.02. The van der Waals surface area contributed by atoms with Crippen molar-refractivity contribution in [3.8, 4) is 11.3 Å². The molecule has 2 aromatic heterocycles. The molecule has 0 unspecified atom stereocenters. The Morgan fingerprint density at radius 2 is 1.93 bits per heavy atom. The second kappa shape index (κ2) is 7.78. The first kappa shape index (κ1) is 18.1. The summed E-state index contributed by atoms with van der Waals surface area (Å²) in [4.78, 5) is 29.4. The SMILES string of the molecule is CC(=O)c1cccc(NC(=O)CCc2csc3nc(-c4ccccc4)cn23)c1. The van der Waals surface area contributed by atoms with Gasteiger partial charge in [0.05, 0.1) is 5.69 Å². The monoisotopic (exact) mass is 389 g/mol. The van der Waals surface area contributed by atoms with E-state index in [0.29, 0.717) is 24.1 Å². The number of Topliss-reactive ketones (excluding diaryl/α,β-unsaturated/α-hetero) is 1. The van der Waals surface area contributed by atoms with E-state index >= 15 is 0 Å². The van der Waals surface area contributed by atoms with Crippen molar-refractivity contribution in [3.63, 3.8) is 0 Å². The van der Waals surface area contributed by atoms with Gasteiger partial charge < -0.3 is 5.32 Å². The number of carbonyl (C=O) groups excluding carboxylic acids is 2. The average molecular weight is 389 g/mol. The lowest BCUT2D eigenvalue weighted by Gasteiger charge is -2.06. The zero-order valence-electron chi connectivity index (χ0n) is 15.4. The van der Waals surface area contributed by atoms with Crippen LogP contribution in [0.15, 0.2) is 66.2 Å². The molecule has 6 heteroatoms. The van der Waals surface area contributed by atoms with Crippen molar-refractivity contribution < 1.29 is 9.59 Å². The molecular formula is C22H19N3O2S. The Labute approximate surface area is 166 Å². The summed E-state index contributed by atoms with van der Waals surface area (Å²) in [6, 6.07) is 17.0. The minimum absolute atomic E-state index is 0.0221. The highest BCUT2D eigenvalue weighted by molar-refractivity contribution is 7.15. The summed E-state index contributed by atoms with van der Waals surface area (Å²) in [7, 11) is 0. The van der Waals surface area contributed by atoms with Gasteiger partial charge in [0.1, 0.15) is 0 Å². The summed E-state index contributed by atoms with van der Waals surface area (Å²) < 4.78 is 2.05. The number of benzene rings is 2. The molecule has 1 amide bonds. The standard InChI is InChI=1S/C22H19N3O2S/c1-15(26)17-8-5-9-18(12-17)23-21(27)11-10-19-14-28-22-24-20(13-25(19)22)16-6-3-2-4-7-16/h2-9,12-14H,10-11H2,1H3,(H,23,27). The van der Waals surface area contributed by atoms with Gasteiger partial charge in [-0.15, -0.1) is 11.3 Å². The Morgan fingerprint density at radius 1 is 1.11 bits per heavy atom. The smallest absolute Gasteiger partial charge is 0.224 e. The third-order valence-corrected chi connectivity index (χ3v) is 5.40. The van der Waals surface area contributed by atoms with Gasteiger partial charge in [0.2, 0.25) is 5.91 Å². The van der Waals surface area contributed by atoms with Crippen molar-refractivity contribution in [1.82, 2.24) is 9.38 Å². The third kappa shape index (κ3) is 3.87. The van der Waals surface area contributed by atoms with Crippen LogP contribution in [0.5, 0.6) is 0 Å². The molecule has 0 saturated heterocycles. The van der Waals surface area contributed by atoms with Crippen LogP contribution in [0.1, 0.15) is 29.4 Å². The highest BCUT2D eigenvalue weighted by Crippen LogP contribution is 2.24. The number of anilines is 1. The number of fused-ring (bicyclic) bond motifs is 1. The van der Waals surface area contributed by atoms with Crippen LogP contribution in [0.25, 0.3) is 16.2 Å². The largest absolute Gasteiger partial charge is 0.326 e. The lowest BCUT2D eigenvalue weighted by atomic mass is 10.1. The Kier molecular flexibility index (Phi) is 5.04. The van der Waals surface area contributed by atoms with Crippen LogP contribution in [-0.4, -0.2) is 21.1 Å². The second-order valence-corrected chi connectivity index (χ2v) is 7.39. The molecule has 28 heavy (non-hydrogen) atoms. The van der Waals surface area contributed by atoms with Crippen molar-refractivity contribution >= 4 is 33.7 Å². The number of nitrogens with one attached hydrogen (secondary N) is 1. The number of nitrogens with zero attached hydrogens (tertiary/aromatic N) is 2. The van der Waals surface area contributed by atoms with E-state index in [1.165, 1.54) is 6.92 Å². The number of ketones is 1. The van der Waals surface area contributed by atoms with Gasteiger partial charge in [0.25, 0.3) is 0 Å². The summed E-state index contributed by atoms with van der Waals surface area (Å²) in [5.41, 5.74) is 4.29. The van der Waals surface area contributed by atoms with Crippen LogP contribution in [-0.2, 0) is 11.2 Å². The summed E-state index contributed by atoms with van der Waals surface area (Å²) >= 11 is 1.57. The molecule has 5 nitrogen and oxygen atoms in total. The first-order valence-corrected chi connectivity index (χ1v) is 9.90. The number of rotatable bonds is 6. The number of hydrogen-bond acceptors (Lipinski definition) is 4. The lowest BCUT2D eigenvalue weighted by Crippen LogP contribution is -2.13. The maximum atomic E-state index is 12.3. The quantitative estimate of drug-likeness (QED) is 0.480. The number of imidazole rings is 1. The van der Waals surface area contributed by atoms with E-state index in [1.807, 2.05) is 41.9 Å². The topological polar surface area (TPSA) is 63.5 Å². The average Bonchev–Trinajstić information content (AvgIpc) is 3.28. The van der Waals surface area contributed by atoms with E-state index < -0.39 is 0 Å². The van der Waals surface area contributed by atoms with Crippen molar-refractivity contribution in [2.75, 3.05) is 5.32 Å². The maximum Gasteiger partial charge on any atom is 0.224 e. The molecule has 4 rings (SSSR count). The van der Waals surface area contributed by atoms with E-state index in [0.717, 1.165) is 21.9 Å². The van der Waals surface area contributed by atoms with Crippen molar-refractivity contribution in [3.05, 3.63) is 77.4 Å². The molecular weight excluding hydrogens is 370 g/mol. The van der Waals surface area contributed by atoms with E-state index in [9.17, 15) is 9.59 Å². The molecule has 0 atom stereocenters. The first-order chi connectivity index (χ1) is 13.6. The van der Waals surface area contributed by atoms with Gasteiger partial charge in [-0.25, -0.2) is 4.98 Å². The normalized spacial score (nSPS) is 10.9. The van der Waals surface area contributed by atoms with Crippen LogP contribution in [0, 0.1) is 0 Å². The summed E-state index contributed by atoms with van der Waals surface area (Å²) in [5, 5.41) is 4.91. The lowest BCUT2D eigenvalue weighted by molar-refractivity contribution is -0.116. The maximum absolute atomic E-state index is 12.3. The Morgan fingerprint density at radius 3 is 2.71 bits per heavy atom. The second-order valence-electron chi connectivity index (χ2n) is 6.56. The van der Waals surface area contributed by atoms with Gasteiger partial charge in [-0.2, -0.15) is 0 Å². The molecule has 0 aliphatic heterocycles. The van der Waals surface area contributed by atoms with Crippen LogP contribution < -0.4 is 5.32 Å². The Balaban J connectivity index is 1.44. The van der Waals surface area contributed by atoms with Gasteiger partial charge in [0.15, 0.2) is 10.7 Å². The number of aromatic nitrogens is 2. The number of hydrogen-bond donors (Lipinski definition) is 1. The molecule has 0 fully saturated rings. The summed E-state index contributed by atoms with van der Waals surface area (Å²) in [6.07, 6.45) is 2.99. The molecule has 2 heterocycles. The fourth-order valence-corrected chi connectivity index (χ4v) is 3.95. The molecule has 4 aromatic rings. The minimum atomic E-state index is -0.0801. The highest BCUT2D eigenvalue weighted by Gasteiger charge is 2.11. The molecule has 2 aromatic carbocycles. The van der Waals surface area contributed by atoms with Gasteiger partial charge >= 0.3 is 0 Å². The van der Waals surface area contributed by atoms with Crippen LogP contribution in [0.3, 0.4) is 0 Å². The molecule has 0 radical (unpaired) electrons. The van der Waals surface area contributed by atoms with Gasteiger partial charge in [-0.3, -0.25) is 14.0 Å². The van der Waals surface area contributed by atoms with E-state index in [2.05, 4.69) is 14.7 Å². The van der Waals surface area contributed by atoms with Crippen LogP contribution >= 0.6 is 11.3 Å². The summed E-state index contributed by atoms with van der Waals surface area (Å²) in [6.45, 7) is 1.51. The highest BCUT2D eigenvalue weighted by atomic mass is 32.1. The fourth-order valence-electron chi connectivity index (χ4n) is 3.04. The molecule has 0 spiro atoms. The number of thiazole rings is 1. The Bertz CT molecular complexity index is 1150. The number of amides is 1. The molecule has 0 aliphatic carbocycles. The van der Waals surface area contributed by atoms with Crippen molar-refractivity contribution in [2.24, 2.45) is 0 Å².